The summed E-state index contributed by atoms with van der Waals surface area (Å²) in [6.07, 6.45) is 1.77. The van der Waals surface area contributed by atoms with Gasteiger partial charge in [-0.25, -0.2) is 4.79 Å². The highest BCUT2D eigenvalue weighted by Gasteiger charge is 2.06. The van der Waals surface area contributed by atoms with E-state index in [1.165, 1.54) is 0 Å². The van der Waals surface area contributed by atoms with E-state index in [9.17, 15) is 4.79 Å². The summed E-state index contributed by atoms with van der Waals surface area (Å²) in [7, 11) is 0. The Labute approximate surface area is 122 Å². The first kappa shape index (κ1) is 13.1. The summed E-state index contributed by atoms with van der Waals surface area (Å²) in [6, 6.07) is 14.9. The van der Waals surface area contributed by atoms with Gasteiger partial charge in [0.05, 0.1) is 11.1 Å². The van der Waals surface area contributed by atoms with Crippen molar-refractivity contribution in [3.05, 3.63) is 65.9 Å². The molecule has 0 saturated carbocycles. The van der Waals surface area contributed by atoms with Gasteiger partial charge >= 0.3 is 5.97 Å². The van der Waals surface area contributed by atoms with Crippen molar-refractivity contribution in [1.82, 2.24) is 4.98 Å². The maximum absolute atomic E-state index is 10.9. The molecule has 3 aromatic rings. The number of carboxylic acids is 1. The van der Waals surface area contributed by atoms with Crippen LogP contribution in [-0.4, -0.2) is 16.1 Å². The van der Waals surface area contributed by atoms with Gasteiger partial charge in [0.1, 0.15) is 0 Å². The second-order valence-electron chi connectivity index (χ2n) is 4.87. The number of carbonyl (C=O) groups is 1. The Morgan fingerprint density at radius 1 is 1.14 bits per heavy atom. The number of nitrogens with one attached hydrogen (secondary N) is 1. The van der Waals surface area contributed by atoms with Gasteiger partial charge in [-0.05, 0) is 55.0 Å². The van der Waals surface area contributed by atoms with E-state index in [2.05, 4.69) is 10.3 Å². The van der Waals surface area contributed by atoms with Gasteiger partial charge in [-0.3, -0.25) is 4.98 Å². The minimum absolute atomic E-state index is 0.292. The molecule has 0 unspecified atom stereocenters. The fourth-order valence-corrected chi connectivity index (χ4v) is 2.25. The molecule has 0 bridgehead atoms. The predicted octanol–water partition coefficient (Wildman–Crippen LogP) is 3.99. The molecule has 1 aromatic heterocycles. The van der Waals surface area contributed by atoms with Gasteiger partial charge in [-0.15, -0.1) is 0 Å². The van der Waals surface area contributed by atoms with Gasteiger partial charge in [0, 0.05) is 23.0 Å². The topological polar surface area (TPSA) is 62.2 Å². The van der Waals surface area contributed by atoms with Crippen molar-refractivity contribution < 1.29 is 9.90 Å². The molecule has 0 spiro atoms. The van der Waals surface area contributed by atoms with Crippen LogP contribution >= 0.6 is 0 Å². The van der Waals surface area contributed by atoms with Gasteiger partial charge in [-0.2, -0.15) is 0 Å². The number of benzene rings is 2. The second-order valence-corrected chi connectivity index (χ2v) is 4.87. The molecule has 0 atom stereocenters. The molecule has 1 heterocycles. The standard InChI is InChI=1S/C17H14N2O2/c1-11-9-13(17(20)21)4-6-15(11)19-14-5-7-16-12(10-14)3-2-8-18-16/h2-10,19H,1H3,(H,20,21). The molecule has 0 aliphatic rings. The molecule has 3 rings (SSSR count). The Balaban J connectivity index is 1.93. The summed E-state index contributed by atoms with van der Waals surface area (Å²) < 4.78 is 0. The highest BCUT2D eigenvalue weighted by atomic mass is 16.4. The SMILES string of the molecule is Cc1cc(C(=O)O)ccc1Nc1ccc2ncccc2c1. The van der Waals surface area contributed by atoms with Crippen LogP contribution in [0.5, 0.6) is 0 Å². The number of hydrogen-bond acceptors (Lipinski definition) is 3. The van der Waals surface area contributed by atoms with Crippen LogP contribution in [0.4, 0.5) is 11.4 Å². The molecule has 4 nitrogen and oxygen atoms in total. The van der Waals surface area contributed by atoms with E-state index in [4.69, 9.17) is 5.11 Å². The monoisotopic (exact) mass is 278 g/mol. The normalized spacial score (nSPS) is 10.5. The molecule has 2 N–H and O–H groups in total. The number of aryl methyl sites for hydroxylation is 1. The maximum atomic E-state index is 10.9. The zero-order valence-corrected chi connectivity index (χ0v) is 11.5. The summed E-state index contributed by atoms with van der Waals surface area (Å²) in [5.74, 6) is -0.915. The number of aromatic carboxylic acids is 1. The van der Waals surface area contributed by atoms with E-state index in [0.717, 1.165) is 27.8 Å². The maximum Gasteiger partial charge on any atom is 0.335 e. The molecule has 0 aliphatic carbocycles. The molecular formula is C17H14N2O2. The minimum Gasteiger partial charge on any atom is -0.478 e. The zero-order chi connectivity index (χ0) is 14.8. The lowest BCUT2D eigenvalue weighted by Crippen LogP contribution is -1.99. The largest absolute Gasteiger partial charge is 0.478 e. The van der Waals surface area contributed by atoms with Crippen LogP contribution in [0.1, 0.15) is 15.9 Å². The van der Waals surface area contributed by atoms with Crippen molar-refractivity contribution in [3.8, 4) is 0 Å². The lowest BCUT2D eigenvalue weighted by molar-refractivity contribution is 0.0697. The molecule has 0 radical (unpaired) electrons. The summed E-state index contributed by atoms with van der Waals surface area (Å²) in [6.45, 7) is 1.89. The van der Waals surface area contributed by atoms with E-state index >= 15 is 0 Å². The van der Waals surface area contributed by atoms with Crippen molar-refractivity contribution in [2.45, 2.75) is 6.92 Å². The van der Waals surface area contributed by atoms with Crippen LogP contribution in [0.25, 0.3) is 10.9 Å². The average molecular weight is 278 g/mol. The number of nitrogens with zero attached hydrogens (tertiary/aromatic N) is 1. The van der Waals surface area contributed by atoms with E-state index in [-0.39, 0.29) is 0 Å². The van der Waals surface area contributed by atoms with Gasteiger partial charge in [0.25, 0.3) is 0 Å². The Bertz CT molecular complexity index is 828. The van der Waals surface area contributed by atoms with Crippen LogP contribution in [0.3, 0.4) is 0 Å². The first-order chi connectivity index (χ1) is 10.1. The molecule has 0 amide bonds. The molecule has 0 fully saturated rings. The molecule has 104 valence electrons. The number of rotatable bonds is 3. The highest BCUT2D eigenvalue weighted by Crippen LogP contribution is 2.24. The van der Waals surface area contributed by atoms with Crippen molar-refractivity contribution in [1.29, 1.82) is 0 Å². The van der Waals surface area contributed by atoms with E-state index < -0.39 is 5.97 Å². The van der Waals surface area contributed by atoms with Crippen molar-refractivity contribution in [3.63, 3.8) is 0 Å². The second kappa shape index (κ2) is 5.25. The first-order valence-corrected chi connectivity index (χ1v) is 6.59. The summed E-state index contributed by atoms with van der Waals surface area (Å²) in [5, 5.41) is 13.3. The van der Waals surface area contributed by atoms with Gasteiger partial charge in [0.15, 0.2) is 0 Å². The lowest BCUT2D eigenvalue weighted by atomic mass is 10.1. The molecule has 2 aromatic carbocycles. The third-order valence-corrected chi connectivity index (χ3v) is 3.36. The van der Waals surface area contributed by atoms with Crippen LogP contribution in [-0.2, 0) is 0 Å². The molecule has 21 heavy (non-hydrogen) atoms. The van der Waals surface area contributed by atoms with E-state index in [1.807, 2.05) is 37.3 Å². The van der Waals surface area contributed by atoms with Crippen LogP contribution < -0.4 is 5.32 Å². The number of anilines is 2. The Kier molecular flexibility index (Phi) is 3.28. The molecular weight excluding hydrogens is 264 g/mol. The molecule has 0 saturated heterocycles. The van der Waals surface area contributed by atoms with Crippen LogP contribution in [0.15, 0.2) is 54.7 Å². The smallest absolute Gasteiger partial charge is 0.335 e. The molecule has 4 heteroatoms. The highest BCUT2D eigenvalue weighted by molar-refractivity contribution is 5.89. The number of pyridine rings is 1. The lowest BCUT2D eigenvalue weighted by Gasteiger charge is -2.11. The van der Waals surface area contributed by atoms with Crippen LogP contribution in [0.2, 0.25) is 0 Å². The fourth-order valence-electron chi connectivity index (χ4n) is 2.25. The first-order valence-electron chi connectivity index (χ1n) is 6.59. The summed E-state index contributed by atoms with van der Waals surface area (Å²) in [4.78, 5) is 15.2. The minimum atomic E-state index is -0.915. The Morgan fingerprint density at radius 3 is 2.76 bits per heavy atom. The summed E-state index contributed by atoms with van der Waals surface area (Å²) in [5.41, 5.74) is 3.97. The number of carboxylic acid groups (broad SMARTS) is 1. The Morgan fingerprint density at radius 2 is 2.00 bits per heavy atom. The van der Waals surface area contributed by atoms with Gasteiger partial charge < -0.3 is 10.4 Å². The van der Waals surface area contributed by atoms with E-state index in [1.54, 1.807) is 24.4 Å². The van der Waals surface area contributed by atoms with Crippen molar-refractivity contribution >= 4 is 28.2 Å². The third kappa shape index (κ3) is 2.69. The van der Waals surface area contributed by atoms with Crippen molar-refractivity contribution in [2.75, 3.05) is 5.32 Å². The zero-order valence-electron chi connectivity index (χ0n) is 11.5. The fraction of sp³-hybridized carbons (Fsp3) is 0.0588. The number of aromatic nitrogens is 1. The van der Waals surface area contributed by atoms with E-state index in [0.29, 0.717) is 5.56 Å². The quantitative estimate of drug-likeness (QED) is 0.760. The van der Waals surface area contributed by atoms with Crippen molar-refractivity contribution in [2.24, 2.45) is 0 Å². The summed E-state index contributed by atoms with van der Waals surface area (Å²) >= 11 is 0. The third-order valence-electron chi connectivity index (χ3n) is 3.36. The molecule has 0 aliphatic heterocycles. The average Bonchev–Trinajstić information content (AvgIpc) is 2.49. The van der Waals surface area contributed by atoms with Gasteiger partial charge in [-0.1, -0.05) is 6.07 Å². The predicted molar refractivity (Wildman–Crippen MR) is 83.2 cm³/mol. The Hall–Kier alpha value is -2.88. The number of fused-ring (bicyclic) bond motifs is 1. The van der Waals surface area contributed by atoms with Crippen LogP contribution in [0, 0.1) is 6.92 Å². The number of hydrogen-bond donors (Lipinski definition) is 2. The van der Waals surface area contributed by atoms with Gasteiger partial charge in [0.2, 0.25) is 0 Å².